The Bertz CT molecular complexity index is 1320. The van der Waals surface area contributed by atoms with E-state index in [1.807, 2.05) is 33.3 Å². The number of carbonyl (C=O) groups is 2. The van der Waals surface area contributed by atoms with Crippen molar-refractivity contribution in [1.82, 2.24) is 5.32 Å². The van der Waals surface area contributed by atoms with Gasteiger partial charge in [-0.15, -0.1) is 0 Å². The lowest BCUT2D eigenvalue weighted by Crippen LogP contribution is -2.47. The summed E-state index contributed by atoms with van der Waals surface area (Å²) in [5.41, 5.74) is 0. The fraction of sp³-hybridized carbons (Fsp3) is 0.786. The number of nitrogens with one attached hydrogen (secondary N) is 1. The highest BCUT2D eigenvalue weighted by molar-refractivity contribution is 7.45. The number of nitrogens with zero attached hydrogens (tertiary/aromatic N) is 1. The molecule has 0 aliphatic heterocycles. The zero-order chi connectivity index (χ0) is 48.7. The normalized spacial score (nSPS) is 14.3. The Kier molecular flexibility index (Phi) is 44.8. The van der Waals surface area contributed by atoms with E-state index in [-0.39, 0.29) is 24.9 Å². The number of esters is 1. The fourth-order valence-electron chi connectivity index (χ4n) is 7.39. The third kappa shape index (κ3) is 46.8. The lowest BCUT2D eigenvalue weighted by molar-refractivity contribution is -0.870. The third-order valence-corrected chi connectivity index (χ3v) is 12.6. The molecule has 3 atom stereocenters. The number of unbranched alkanes of at least 4 members (excludes halogenated alkanes) is 24. The summed E-state index contributed by atoms with van der Waals surface area (Å²) >= 11 is 0. The standard InChI is InChI=1S/C56H103N2O7P/c1-7-10-13-16-19-22-25-27-28-29-30-31-34-37-40-43-46-49-56(60)65-54(47-44-41-38-35-33-26-23-20-17-14-11-8-2)53(52-64-66(61,62)63-51-50-58(4,5)6)57-55(59)48-45-42-39-36-32-24-21-18-15-12-9-3/h18-19,21-22,27-28,30-31,44,47,53-54H,7-17,20,23-26,29,32-43,45-46,48-52H2,1-6H3,(H-,57,59,61,62)/b21-18-,22-19-,28-27-,31-30-,47-44-. The number of amides is 1. The van der Waals surface area contributed by atoms with E-state index >= 15 is 0 Å². The topological polar surface area (TPSA) is 114 Å². The van der Waals surface area contributed by atoms with Gasteiger partial charge in [0.2, 0.25) is 5.91 Å². The van der Waals surface area contributed by atoms with Crippen LogP contribution in [0.3, 0.4) is 0 Å². The van der Waals surface area contributed by atoms with Gasteiger partial charge in [0.15, 0.2) is 0 Å². The number of carbonyl (C=O) groups excluding carboxylic acids is 2. The molecule has 0 radical (unpaired) electrons. The molecule has 0 saturated carbocycles. The van der Waals surface area contributed by atoms with Crippen LogP contribution in [0, 0.1) is 0 Å². The molecule has 0 spiro atoms. The smallest absolute Gasteiger partial charge is 0.306 e. The maximum absolute atomic E-state index is 13.4. The molecule has 0 aromatic carbocycles. The van der Waals surface area contributed by atoms with E-state index in [4.69, 9.17) is 13.8 Å². The summed E-state index contributed by atoms with van der Waals surface area (Å²) in [4.78, 5) is 39.7. The molecule has 0 aromatic heterocycles. The number of ether oxygens (including phenoxy) is 1. The zero-order valence-electron chi connectivity index (χ0n) is 43.6. The van der Waals surface area contributed by atoms with Gasteiger partial charge in [0.1, 0.15) is 19.3 Å². The maximum Gasteiger partial charge on any atom is 0.306 e. The van der Waals surface area contributed by atoms with Gasteiger partial charge in [-0.25, -0.2) is 0 Å². The Hall–Kier alpha value is -2.29. The summed E-state index contributed by atoms with van der Waals surface area (Å²) in [6.07, 6.45) is 56.1. The maximum atomic E-state index is 13.4. The van der Waals surface area contributed by atoms with Crippen LogP contribution in [0.2, 0.25) is 0 Å². The van der Waals surface area contributed by atoms with Crippen LogP contribution in [-0.4, -0.2) is 69.4 Å². The largest absolute Gasteiger partial charge is 0.756 e. The van der Waals surface area contributed by atoms with Gasteiger partial charge in [0.25, 0.3) is 7.82 Å². The van der Waals surface area contributed by atoms with E-state index in [2.05, 4.69) is 74.7 Å². The number of phosphoric ester groups is 1. The number of likely N-dealkylation sites (N-methyl/N-ethyl adjacent to an activating group) is 1. The Morgan fingerprint density at radius 2 is 0.939 bits per heavy atom. The highest BCUT2D eigenvalue weighted by Gasteiger charge is 2.27. The molecule has 1 N–H and O–H groups in total. The van der Waals surface area contributed by atoms with Gasteiger partial charge < -0.3 is 28.5 Å². The first-order valence-electron chi connectivity index (χ1n) is 27.1. The third-order valence-electron chi connectivity index (χ3n) is 11.7. The lowest BCUT2D eigenvalue weighted by Gasteiger charge is -2.30. The van der Waals surface area contributed by atoms with Crippen molar-refractivity contribution in [3.05, 3.63) is 60.8 Å². The van der Waals surface area contributed by atoms with Crippen LogP contribution in [0.15, 0.2) is 60.8 Å². The van der Waals surface area contributed by atoms with Gasteiger partial charge in [0, 0.05) is 12.8 Å². The summed E-state index contributed by atoms with van der Waals surface area (Å²) in [6, 6.07) is -0.900. The second-order valence-electron chi connectivity index (χ2n) is 19.4. The minimum absolute atomic E-state index is 0.0292. The van der Waals surface area contributed by atoms with E-state index < -0.39 is 26.6 Å². The van der Waals surface area contributed by atoms with Gasteiger partial charge >= 0.3 is 5.97 Å². The van der Waals surface area contributed by atoms with Crippen molar-refractivity contribution in [3.63, 3.8) is 0 Å². The highest BCUT2D eigenvalue weighted by Crippen LogP contribution is 2.38. The minimum atomic E-state index is -4.70. The van der Waals surface area contributed by atoms with Crippen LogP contribution in [0.25, 0.3) is 0 Å². The highest BCUT2D eigenvalue weighted by atomic mass is 31.2. The Morgan fingerprint density at radius 3 is 1.47 bits per heavy atom. The van der Waals surface area contributed by atoms with Crippen molar-refractivity contribution in [2.24, 2.45) is 0 Å². The molecule has 0 saturated heterocycles. The zero-order valence-corrected chi connectivity index (χ0v) is 44.5. The number of rotatable bonds is 48. The summed E-state index contributed by atoms with van der Waals surface area (Å²) in [5.74, 6) is -0.580. The number of phosphoric acid groups is 1. The van der Waals surface area contributed by atoms with Crippen molar-refractivity contribution in [1.29, 1.82) is 0 Å². The van der Waals surface area contributed by atoms with Crippen LogP contribution in [0.4, 0.5) is 0 Å². The number of quaternary nitrogens is 1. The van der Waals surface area contributed by atoms with Crippen molar-refractivity contribution in [2.45, 2.75) is 245 Å². The molecule has 9 nitrogen and oxygen atoms in total. The van der Waals surface area contributed by atoms with E-state index in [1.165, 1.54) is 89.9 Å². The second-order valence-corrected chi connectivity index (χ2v) is 20.8. The monoisotopic (exact) mass is 947 g/mol. The average molecular weight is 947 g/mol. The average Bonchev–Trinajstić information content (AvgIpc) is 3.27. The Labute approximate surface area is 407 Å². The van der Waals surface area contributed by atoms with E-state index in [9.17, 15) is 19.0 Å². The second kappa shape index (κ2) is 46.4. The predicted molar refractivity (Wildman–Crippen MR) is 279 cm³/mol. The summed E-state index contributed by atoms with van der Waals surface area (Å²) < 4.78 is 30.1. The molecule has 0 aliphatic rings. The van der Waals surface area contributed by atoms with Crippen molar-refractivity contribution in [2.75, 3.05) is 40.9 Å². The van der Waals surface area contributed by atoms with Crippen molar-refractivity contribution >= 4 is 19.7 Å². The molecule has 0 fully saturated rings. The predicted octanol–water partition coefficient (Wildman–Crippen LogP) is 15.3. The first kappa shape index (κ1) is 63.7. The van der Waals surface area contributed by atoms with Gasteiger partial charge in [-0.05, 0) is 89.5 Å². The van der Waals surface area contributed by atoms with Crippen LogP contribution in [0.1, 0.15) is 233 Å². The molecule has 66 heavy (non-hydrogen) atoms. The van der Waals surface area contributed by atoms with Crippen LogP contribution < -0.4 is 10.2 Å². The molecule has 1 amide bonds. The lowest BCUT2D eigenvalue weighted by atomic mass is 10.0. The van der Waals surface area contributed by atoms with Crippen LogP contribution in [0.5, 0.6) is 0 Å². The molecule has 384 valence electrons. The van der Waals surface area contributed by atoms with E-state index in [0.717, 1.165) is 103 Å². The number of hydrogen-bond acceptors (Lipinski definition) is 7. The summed E-state index contributed by atoms with van der Waals surface area (Å²) in [6.45, 7) is 6.73. The molecular weight excluding hydrogens is 844 g/mol. The molecule has 0 rings (SSSR count). The van der Waals surface area contributed by atoms with E-state index in [1.54, 1.807) is 0 Å². The quantitative estimate of drug-likeness (QED) is 0.0212. The molecule has 0 aromatic rings. The van der Waals surface area contributed by atoms with Gasteiger partial charge in [-0.3, -0.25) is 14.2 Å². The van der Waals surface area contributed by atoms with Crippen LogP contribution >= 0.6 is 7.82 Å². The molecule has 10 heteroatoms. The Morgan fingerprint density at radius 1 is 0.530 bits per heavy atom. The fourth-order valence-corrected chi connectivity index (χ4v) is 8.11. The van der Waals surface area contributed by atoms with E-state index in [0.29, 0.717) is 23.9 Å². The SMILES string of the molecule is CCCC/C=C\CCCCCCCC(=O)NC(COP(=O)([O-])OCC[N+](C)(C)C)C(/C=C\CCCCCCCCCCCC)OC(=O)CCCCCC/C=C\C/C=C\C/C=C\CCCCC. The molecule has 3 unspecified atom stereocenters. The molecule has 0 bridgehead atoms. The van der Waals surface area contributed by atoms with Gasteiger partial charge in [-0.2, -0.15) is 0 Å². The first-order valence-corrected chi connectivity index (χ1v) is 28.6. The summed E-state index contributed by atoms with van der Waals surface area (Å²) in [7, 11) is 1.16. The minimum Gasteiger partial charge on any atom is -0.756 e. The van der Waals surface area contributed by atoms with Crippen molar-refractivity contribution in [3.8, 4) is 0 Å². The van der Waals surface area contributed by atoms with Crippen molar-refractivity contribution < 1.29 is 37.3 Å². The molecule has 0 aliphatic carbocycles. The molecule has 0 heterocycles. The Balaban J connectivity index is 5.43. The molecular formula is C56H103N2O7P. The van der Waals surface area contributed by atoms with Crippen LogP contribution in [-0.2, 0) is 27.9 Å². The van der Waals surface area contributed by atoms with Gasteiger partial charge in [0.05, 0.1) is 33.8 Å². The summed E-state index contributed by atoms with van der Waals surface area (Å²) in [5, 5.41) is 3.00. The number of allylic oxidation sites excluding steroid dienone is 9. The first-order chi connectivity index (χ1) is 31.9. The number of hydrogen-bond donors (Lipinski definition) is 1. The van der Waals surface area contributed by atoms with Gasteiger partial charge in [-0.1, -0.05) is 191 Å².